The van der Waals surface area contributed by atoms with E-state index < -0.39 is 0 Å². The van der Waals surface area contributed by atoms with Gasteiger partial charge in [-0.15, -0.1) is 0 Å². The Balaban J connectivity index is 2.15. The minimum Gasteiger partial charge on any atom is -0.493 e. The first kappa shape index (κ1) is 16.9. The van der Waals surface area contributed by atoms with Gasteiger partial charge < -0.3 is 9.47 Å². The van der Waals surface area contributed by atoms with Crippen LogP contribution >= 0.6 is 0 Å². The molecule has 2 aromatic carbocycles. The van der Waals surface area contributed by atoms with Gasteiger partial charge in [0.15, 0.2) is 11.5 Å². The Labute approximate surface area is 137 Å². The molecule has 2 rings (SSSR count). The van der Waals surface area contributed by atoms with Crippen molar-refractivity contribution in [2.24, 2.45) is 0 Å². The highest BCUT2D eigenvalue weighted by molar-refractivity contribution is 5.43. The van der Waals surface area contributed by atoms with E-state index in [0.717, 1.165) is 47.8 Å². The molecular weight excluding hydrogens is 288 g/mol. The van der Waals surface area contributed by atoms with Crippen molar-refractivity contribution in [2.75, 3.05) is 20.8 Å². The van der Waals surface area contributed by atoms with Crippen LogP contribution < -0.4 is 9.47 Å². The van der Waals surface area contributed by atoms with Crippen LogP contribution in [0, 0.1) is 11.3 Å². The maximum absolute atomic E-state index is 9.22. The molecule has 0 saturated heterocycles. The molecule has 0 aromatic heterocycles. The van der Waals surface area contributed by atoms with E-state index >= 15 is 0 Å². The van der Waals surface area contributed by atoms with Gasteiger partial charge in [-0.2, -0.15) is 5.26 Å². The zero-order valence-corrected chi connectivity index (χ0v) is 13.9. The Kier molecular flexibility index (Phi) is 6.02. The molecule has 0 fully saturated rings. The molecule has 0 bridgehead atoms. The van der Waals surface area contributed by atoms with Crippen LogP contribution in [-0.2, 0) is 13.1 Å². The maximum atomic E-state index is 9.22. The quantitative estimate of drug-likeness (QED) is 0.784. The molecule has 0 heterocycles. The lowest BCUT2D eigenvalue weighted by molar-refractivity contribution is 0.270. The van der Waals surface area contributed by atoms with Crippen LogP contribution in [0.2, 0.25) is 0 Å². The monoisotopic (exact) mass is 310 g/mol. The van der Waals surface area contributed by atoms with Gasteiger partial charge in [0.25, 0.3) is 0 Å². The van der Waals surface area contributed by atoms with Gasteiger partial charge in [-0.1, -0.05) is 31.2 Å². The number of hydrogen-bond donors (Lipinski definition) is 0. The number of ether oxygens (including phenoxy) is 2. The highest BCUT2D eigenvalue weighted by Crippen LogP contribution is 2.28. The molecule has 0 unspecified atom stereocenters. The second kappa shape index (κ2) is 8.21. The zero-order valence-electron chi connectivity index (χ0n) is 13.9. The number of nitriles is 1. The Bertz CT molecular complexity index is 692. The number of rotatable bonds is 7. The van der Waals surface area contributed by atoms with Gasteiger partial charge in [-0.3, -0.25) is 4.90 Å². The highest BCUT2D eigenvalue weighted by atomic mass is 16.5. The van der Waals surface area contributed by atoms with Crippen molar-refractivity contribution >= 4 is 0 Å². The molecule has 4 heteroatoms. The molecular formula is C19H22N2O2. The van der Waals surface area contributed by atoms with Gasteiger partial charge in [-0.05, 0) is 35.9 Å². The molecule has 2 aromatic rings. The van der Waals surface area contributed by atoms with Crippen molar-refractivity contribution in [1.29, 1.82) is 5.26 Å². The lowest BCUT2D eigenvalue weighted by atomic mass is 10.1. The summed E-state index contributed by atoms with van der Waals surface area (Å²) in [5, 5.41) is 9.22. The molecule has 0 aliphatic carbocycles. The summed E-state index contributed by atoms with van der Waals surface area (Å²) < 4.78 is 10.6. The standard InChI is InChI=1S/C19H22N2O2/c1-4-21(14-17-8-6-5-7-16(17)12-20)13-15-9-10-18(22-2)19(11-15)23-3/h5-11H,4,13-14H2,1-3H3. The number of methoxy groups -OCH3 is 2. The lowest BCUT2D eigenvalue weighted by Crippen LogP contribution is -2.22. The van der Waals surface area contributed by atoms with Crippen LogP contribution in [0.5, 0.6) is 11.5 Å². The third kappa shape index (κ3) is 4.24. The molecule has 4 nitrogen and oxygen atoms in total. The number of benzene rings is 2. The molecule has 23 heavy (non-hydrogen) atoms. The summed E-state index contributed by atoms with van der Waals surface area (Å²) in [7, 11) is 3.27. The van der Waals surface area contributed by atoms with Gasteiger partial charge >= 0.3 is 0 Å². The average molecular weight is 310 g/mol. The molecule has 0 atom stereocenters. The zero-order chi connectivity index (χ0) is 16.7. The Hall–Kier alpha value is -2.51. The van der Waals surface area contributed by atoms with Crippen molar-refractivity contribution < 1.29 is 9.47 Å². The smallest absolute Gasteiger partial charge is 0.161 e. The normalized spacial score (nSPS) is 10.4. The molecule has 0 aliphatic rings. The van der Waals surface area contributed by atoms with Gasteiger partial charge in [0.1, 0.15) is 0 Å². The molecule has 120 valence electrons. The van der Waals surface area contributed by atoms with Crippen LogP contribution in [0.3, 0.4) is 0 Å². The first-order valence-corrected chi connectivity index (χ1v) is 7.63. The topological polar surface area (TPSA) is 45.5 Å². The summed E-state index contributed by atoms with van der Waals surface area (Å²) in [4.78, 5) is 2.29. The van der Waals surface area contributed by atoms with Crippen molar-refractivity contribution in [2.45, 2.75) is 20.0 Å². The Morgan fingerprint density at radius 1 is 1.00 bits per heavy atom. The van der Waals surface area contributed by atoms with Crippen molar-refractivity contribution in [3.63, 3.8) is 0 Å². The van der Waals surface area contributed by atoms with Crippen molar-refractivity contribution in [3.8, 4) is 17.6 Å². The van der Waals surface area contributed by atoms with E-state index in [1.807, 2.05) is 42.5 Å². The molecule has 0 spiro atoms. The van der Waals surface area contributed by atoms with Crippen LogP contribution in [-0.4, -0.2) is 25.7 Å². The van der Waals surface area contributed by atoms with E-state index in [2.05, 4.69) is 17.9 Å². The van der Waals surface area contributed by atoms with E-state index in [1.165, 1.54) is 0 Å². The van der Waals surface area contributed by atoms with Crippen LogP contribution in [0.15, 0.2) is 42.5 Å². The Morgan fingerprint density at radius 3 is 2.39 bits per heavy atom. The summed E-state index contributed by atoms with van der Waals surface area (Å²) in [5.41, 5.74) is 2.94. The number of nitrogens with zero attached hydrogens (tertiary/aromatic N) is 2. The second-order valence-electron chi connectivity index (χ2n) is 5.26. The molecule has 0 saturated carbocycles. The predicted molar refractivity (Wildman–Crippen MR) is 90.5 cm³/mol. The first-order valence-electron chi connectivity index (χ1n) is 7.63. The second-order valence-corrected chi connectivity index (χ2v) is 5.26. The first-order chi connectivity index (χ1) is 11.2. The largest absolute Gasteiger partial charge is 0.493 e. The summed E-state index contributed by atoms with van der Waals surface area (Å²) in [6.45, 7) is 4.55. The Morgan fingerprint density at radius 2 is 1.74 bits per heavy atom. The summed E-state index contributed by atoms with van der Waals surface area (Å²) in [6.07, 6.45) is 0. The van der Waals surface area contributed by atoms with E-state index in [0.29, 0.717) is 0 Å². The summed E-state index contributed by atoms with van der Waals surface area (Å²) in [5.74, 6) is 1.47. The van der Waals surface area contributed by atoms with Gasteiger partial charge in [-0.25, -0.2) is 0 Å². The van der Waals surface area contributed by atoms with E-state index in [4.69, 9.17) is 9.47 Å². The molecule has 0 radical (unpaired) electrons. The fraction of sp³-hybridized carbons (Fsp3) is 0.316. The molecule has 0 N–H and O–H groups in total. The predicted octanol–water partition coefficient (Wildman–Crippen LogP) is 3.60. The summed E-state index contributed by atoms with van der Waals surface area (Å²) >= 11 is 0. The fourth-order valence-electron chi connectivity index (χ4n) is 2.52. The van der Waals surface area contributed by atoms with E-state index in [1.54, 1.807) is 14.2 Å². The van der Waals surface area contributed by atoms with Gasteiger partial charge in [0.2, 0.25) is 0 Å². The lowest BCUT2D eigenvalue weighted by Gasteiger charge is -2.21. The SMILES string of the molecule is CCN(Cc1ccc(OC)c(OC)c1)Cc1ccccc1C#N. The van der Waals surface area contributed by atoms with Crippen LogP contribution in [0.4, 0.5) is 0 Å². The fourth-order valence-corrected chi connectivity index (χ4v) is 2.52. The van der Waals surface area contributed by atoms with E-state index in [9.17, 15) is 5.26 Å². The average Bonchev–Trinajstić information content (AvgIpc) is 2.61. The molecule has 0 aliphatic heterocycles. The van der Waals surface area contributed by atoms with Crippen LogP contribution in [0.25, 0.3) is 0 Å². The molecule has 0 amide bonds. The van der Waals surface area contributed by atoms with Crippen molar-refractivity contribution in [1.82, 2.24) is 4.90 Å². The van der Waals surface area contributed by atoms with Gasteiger partial charge in [0, 0.05) is 13.1 Å². The maximum Gasteiger partial charge on any atom is 0.161 e. The third-order valence-electron chi connectivity index (χ3n) is 3.83. The number of hydrogen-bond acceptors (Lipinski definition) is 4. The van der Waals surface area contributed by atoms with Gasteiger partial charge in [0.05, 0.1) is 25.9 Å². The van der Waals surface area contributed by atoms with Crippen LogP contribution in [0.1, 0.15) is 23.6 Å². The minimum atomic E-state index is 0.731. The van der Waals surface area contributed by atoms with Crippen molar-refractivity contribution in [3.05, 3.63) is 59.2 Å². The third-order valence-corrected chi connectivity index (χ3v) is 3.83. The summed E-state index contributed by atoms with van der Waals surface area (Å²) in [6, 6.07) is 16.0. The van der Waals surface area contributed by atoms with E-state index in [-0.39, 0.29) is 0 Å². The minimum absolute atomic E-state index is 0.731. The highest BCUT2D eigenvalue weighted by Gasteiger charge is 2.10.